The highest BCUT2D eigenvalue weighted by atomic mass is 16.3. The minimum absolute atomic E-state index is 0.156. The highest BCUT2D eigenvalue weighted by molar-refractivity contribution is 4.87. The molecule has 2 atom stereocenters. The Balaban J connectivity index is 2.33. The fourth-order valence-corrected chi connectivity index (χ4v) is 1.63. The van der Waals surface area contributed by atoms with Crippen LogP contribution >= 0.6 is 0 Å². The molecular weight excluding hydrogens is 164 g/mol. The Morgan fingerprint density at radius 2 is 2.15 bits per heavy atom. The molecule has 1 rings (SSSR count). The Hall–Kier alpha value is -0.120. The van der Waals surface area contributed by atoms with Gasteiger partial charge >= 0.3 is 0 Å². The number of nitrogens with one attached hydrogen (secondary N) is 1. The molecule has 0 spiro atoms. The SMILES string of the molecule is CC(NC1CCN(C)C1)C(C)(C)O. The van der Waals surface area contributed by atoms with Gasteiger partial charge in [-0.2, -0.15) is 0 Å². The van der Waals surface area contributed by atoms with Gasteiger partial charge in [-0.25, -0.2) is 0 Å². The molecule has 2 N–H and O–H groups in total. The lowest BCUT2D eigenvalue weighted by atomic mass is 10.00. The normalized spacial score (nSPS) is 27.9. The fourth-order valence-electron chi connectivity index (χ4n) is 1.63. The molecule has 3 heteroatoms. The zero-order valence-electron chi connectivity index (χ0n) is 9.17. The monoisotopic (exact) mass is 186 g/mol. The molecule has 0 aromatic carbocycles. The Morgan fingerprint density at radius 1 is 1.54 bits per heavy atom. The summed E-state index contributed by atoms with van der Waals surface area (Å²) in [6.07, 6.45) is 1.19. The summed E-state index contributed by atoms with van der Waals surface area (Å²) in [7, 11) is 2.14. The number of likely N-dealkylation sites (N-methyl/N-ethyl adjacent to an activating group) is 1. The topological polar surface area (TPSA) is 35.5 Å². The first kappa shape index (κ1) is 11.0. The second-order valence-electron chi connectivity index (χ2n) is 4.79. The van der Waals surface area contributed by atoms with Crippen molar-refractivity contribution >= 4 is 0 Å². The van der Waals surface area contributed by atoms with E-state index in [1.54, 1.807) is 0 Å². The standard InChI is InChI=1S/C10H22N2O/c1-8(10(2,3)13)11-9-5-6-12(4)7-9/h8-9,11,13H,5-7H2,1-4H3. The molecule has 2 unspecified atom stereocenters. The Labute approximate surface area is 81.1 Å². The first-order valence-corrected chi connectivity index (χ1v) is 5.06. The van der Waals surface area contributed by atoms with Gasteiger partial charge in [-0.05, 0) is 40.8 Å². The van der Waals surface area contributed by atoms with Crippen molar-refractivity contribution in [3.63, 3.8) is 0 Å². The number of nitrogens with zero attached hydrogens (tertiary/aromatic N) is 1. The van der Waals surface area contributed by atoms with E-state index in [2.05, 4.69) is 17.3 Å². The van der Waals surface area contributed by atoms with E-state index in [0.29, 0.717) is 6.04 Å². The molecule has 0 amide bonds. The third kappa shape index (κ3) is 3.25. The number of hydrogen-bond acceptors (Lipinski definition) is 3. The molecule has 1 saturated heterocycles. The lowest BCUT2D eigenvalue weighted by Crippen LogP contribution is -2.49. The summed E-state index contributed by atoms with van der Waals surface area (Å²) in [5.74, 6) is 0. The van der Waals surface area contributed by atoms with Gasteiger partial charge in [0.25, 0.3) is 0 Å². The summed E-state index contributed by atoms with van der Waals surface area (Å²) in [6, 6.07) is 0.704. The van der Waals surface area contributed by atoms with Crippen LogP contribution in [-0.2, 0) is 0 Å². The van der Waals surface area contributed by atoms with Crippen LogP contribution in [0.5, 0.6) is 0 Å². The number of aliphatic hydroxyl groups is 1. The molecule has 1 aliphatic heterocycles. The number of rotatable bonds is 3. The maximum atomic E-state index is 9.74. The summed E-state index contributed by atoms with van der Waals surface area (Å²) in [5, 5.41) is 13.2. The largest absolute Gasteiger partial charge is 0.389 e. The lowest BCUT2D eigenvalue weighted by Gasteiger charge is -2.29. The third-order valence-corrected chi connectivity index (χ3v) is 2.94. The molecule has 1 fully saturated rings. The van der Waals surface area contributed by atoms with Gasteiger partial charge < -0.3 is 15.3 Å². The third-order valence-electron chi connectivity index (χ3n) is 2.94. The summed E-state index contributed by atoms with van der Waals surface area (Å²) in [5.41, 5.74) is -0.624. The van der Waals surface area contributed by atoms with Gasteiger partial charge in [-0.15, -0.1) is 0 Å². The molecule has 78 valence electrons. The van der Waals surface area contributed by atoms with Crippen LogP contribution in [0.15, 0.2) is 0 Å². The van der Waals surface area contributed by atoms with Crippen LogP contribution in [0.1, 0.15) is 27.2 Å². The molecule has 13 heavy (non-hydrogen) atoms. The van der Waals surface area contributed by atoms with Crippen molar-refractivity contribution in [1.82, 2.24) is 10.2 Å². The van der Waals surface area contributed by atoms with E-state index in [-0.39, 0.29) is 6.04 Å². The van der Waals surface area contributed by atoms with Gasteiger partial charge in [0.2, 0.25) is 0 Å². The molecule has 1 aliphatic rings. The minimum Gasteiger partial charge on any atom is -0.389 e. The molecule has 0 aromatic heterocycles. The quantitative estimate of drug-likeness (QED) is 0.671. The Morgan fingerprint density at radius 3 is 2.54 bits per heavy atom. The van der Waals surface area contributed by atoms with Gasteiger partial charge in [0.15, 0.2) is 0 Å². The van der Waals surface area contributed by atoms with E-state index in [0.717, 1.165) is 13.1 Å². The van der Waals surface area contributed by atoms with E-state index >= 15 is 0 Å². The van der Waals surface area contributed by atoms with Gasteiger partial charge in [0.1, 0.15) is 0 Å². The van der Waals surface area contributed by atoms with Crippen molar-refractivity contribution in [2.75, 3.05) is 20.1 Å². The first-order chi connectivity index (χ1) is 5.89. The van der Waals surface area contributed by atoms with Crippen molar-refractivity contribution in [1.29, 1.82) is 0 Å². The van der Waals surface area contributed by atoms with E-state index in [1.165, 1.54) is 6.42 Å². The van der Waals surface area contributed by atoms with Crippen LogP contribution in [0.3, 0.4) is 0 Å². The van der Waals surface area contributed by atoms with Crippen LogP contribution in [0.4, 0.5) is 0 Å². The van der Waals surface area contributed by atoms with Crippen molar-refractivity contribution < 1.29 is 5.11 Å². The average Bonchev–Trinajstić information content (AvgIpc) is 2.33. The average molecular weight is 186 g/mol. The van der Waals surface area contributed by atoms with Crippen molar-refractivity contribution in [3.8, 4) is 0 Å². The van der Waals surface area contributed by atoms with Crippen LogP contribution in [0, 0.1) is 0 Å². The number of likely N-dealkylation sites (tertiary alicyclic amines) is 1. The molecule has 1 heterocycles. The summed E-state index contributed by atoms with van der Waals surface area (Å²) in [4.78, 5) is 2.31. The van der Waals surface area contributed by atoms with Crippen LogP contribution in [0.25, 0.3) is 0 Å². The predicted molar refractivity (Wildman–Crippen MR) is 54.8 cm³/mol. The zero-order chi connectivity index (χ0) is 10.1. The van der Waals surface area contributed by atoms with E-state index in [1.807, 2.05) is 20.8 Å². The Bertz CT molecular complexity index is 165. The van der Waals surface area contributed by atoms with Gasteiger partial charge in [-0.1, -0.05) is 0 Å². The molecule has 0 saturated carbocycles. The second-order valence-corrected chi connectivity index (χ2v) is 4.79. The zero-order valence-corrected chi connectivity index (χ0v) is 9.17. The van der Waals surface area contributed by atoms with Crippen LogP contribution < -0.4 is 5.32 Å². The molecule has 0 aromatic rings. The molecule has 0 bridgehead atoms. The highest BCUT2D eigenvalue weighted by Gasteiger charge is 2.27. The maximum absolute atomic E-state index is 9.74. The predicted octanol–water partition coefficient (Wildman–Crippen LogP) is 0.439. The Kier molecular flexibility index (Phi) is 3.33. The summed E-state index contributed by atoms with van der Waals surface area (Å²) in [6.45, 7) is 8.00. The van der Waals surface area contributed by atoms with E-state index < -0.39 is 5.60 Å². The van der Waals surface area contributed by atoms with E-state index in [9.17, 15) is 5.11 Å². The second kappa shape index (κ2) is 3.95. The van der Waals surface area contributed by atoms with Crippen LogP contribution in [0.2, 0.25) is 0 Å². The lowest BCUT2D eigenvalue weighted by molar-refractivity contribution is 0.0403. The van der Waals surface area contributed by atoms with Crippen molar-refractivity contribution in [2.45, 2.75) is 44.9 Å². The molecule has 0 aliphatic carbocycles. The highest BCUT2D eigenvalue weighted by Crippen LogP contribution is 2.12. The smallest absolute Gasteiger partial charge is 0.0741 e. The van der Waals surface area contributed by atoms with Gasteiger partial charge in [0, 0.05) is 18.6 Å². The van der Waals surface area contributed by atoms with Crippen LogP contribution in [-0.4, -0.2) is 47.8 Å². The van der Waals surface area contributed by atoms with Gasteiger partial charge in [0.05, 0.1) is 5.60 Å². The number of hydrogen-bond donors (Lipinski definition) is 2. The molecular formula is C10H22N2O. The molecule has 0 radical (unpaired) electrons. The fraction of sp³-hybridized carbons (Fsp3) is 1.00. The first-order valence-electron chi connectivity index (χ1n) is 5.06. The summed E-state index contributed by atoms with van der Waals surface area (Å²) >= 11 is 0. The minimum atomic E-state index is -0.624. The van der Waals surface area contributed by atoms with Crippen molar-refractivity contribution in [3.05, 3.63) is 0 Å². The maximum Gasteiger partial charge on any atom is 0.0741 e. The summed E-state index contributed by atoms with van der Waals surface area (Å²) < 4.78 is 0. The van der Waals surface area contributed by atoms with Crippen molar-refractivity contribution in [2.24, 2.45) is 0 Å². The van der Waals surface area contributed by atoms with Gasteiger partial charge in [-0.3, -0.25) is 0 Å². The van der Waals surface area contributed by atoms with E-state index in [4.69, 9.17) is 0 Å². The molecule has 3 nitrogen and oxygen atoms in total.